The molecule has 3 nitrogen and oxygen atoms in total. The Morgan fingerprint density at radius 2 is 1.95 bits per heavy atom. The third-order valence-corrected chi connectivity index (χ3v) is 3.56. The first-order chi connectivity index (χ1) is 9.15. The van der Waals surface area contributed by atoms with Gasteiger partial charge in [0.2, 0.25) is 0 Å². The van der Waals surface area contributed by atoms with Gasteiger partial charge in [-0.25, -0.2) is 0 Å². The highest BCUT2D eigenvalue weighted by atomic mass is 16.5. The first-order valence-electron chi connectivity index (χ1n) is 7.34. The van der Waals surface area contributed by atoms with E-state index in [1.807, 2.05) is 32.0 Å². The van der Waals surface area contributed by atoms with Crippen molar-refractivity contribution in [1.29, 1.82) is 0 Å². The van der Waals surface area contributed by atoms with Crippen LogP contribution in [0.15, 0.2) is 18.2 Å². The van der Waals surface area contributed by atoms with Crippen molar-refractivity contribution in [2.75, 3.05) is 12.3 Å². The van der Waals surface area contributed by atoms with Gasteiger partial charge >= 0.3 is 0 Å². The molecule has 1 fully saturated rings. The molecule has 0 atom stereocenters. The average Bonchev–Trinajstić information content (AvgIpc) is 2.40. The monoisotopic (exact) mass is 263 g/mol. The normalized spacial score (nSPS) is 16.6. The molecular weight excluding hydrogens is 238 g/mol. The summed E-state index contributed by atoms with van der Waals surface area (Å²) >= 11 is 0. The predicted octanol–water partition coefficient (Wildman–Crippen LogP) is 4.02. The van der Waals surface area contributed by atoms with Crippen LogP contribution >= 0.6 is 0 Å². The fourth-order valence-corrected chi connectivity index (χ4v) is 2.53. The van der Waals surface area contributed by atoms with Crippen molar-refractivity contribution < 1.29 is 9.47 Å². The lowest BCUT2D eigenvalue weighted by Gasteiger charge is -2.22. The first kappa shape index (κ1) is 14.0. The van der Waals surface area contributed by atoms with E-state index in [0.29, 0.717) is 11.6 Å². The van der Waals surface area contributed by atoms with Crippen molar-refractivity contribution in [2.45, 2.75) is 52.1 Å². The molecule has 1 aromatic rings. The van der Waals surface area contributed by atoms with Crippen molar-refractivity contribution in [1.82, 2.24) is 0 Å². The van der Waals surface area contributed by atoms with E-state index in [2.05, 4.69) is 0 Å². The SMILES string of the molecule is CC(C)Oc1cc(OCC2CCCCC2)ccc1N. The lowest BCUT2D eigenvalue weighted by Crippen LogP contribution is -2.15. The van der Waals surface area contributed by atoms with Gasteiger partial charge < -0.3 is 15.2 Å². The molecule has 0 bridgehead atoms. The summed E-state index contributed by atoms with van der Waals surface area (Å²) in [6, 6.07) is 5.68. The zero-order chi connectivity index (χ0) is 13.7. The molecule has 0 radical (unpaired) electrons. The molecule has 0 heterocycles. The van der Waals surface area contributed by atoms with E-state index in [9.17, 15) is 0 Å². The maximum absolute atomic E-state index is 5.90. The van der Waals surface area contributed by atoms with E-state index in [1.165, 1.54) is 32.1 Å². The number of nitrogens with two attached hydrogens (primary N) is 1. The summed E-state index contributed by atoms with van der Waals surface area (Å²) in [5.41, 5.74) is 6.56. The number of hydrogen-bond acceptors (Lipinski definition) is 3. The fourth-order valence-electron chi connectivity index (χ4n) is 2.53. The van der Waals surface area contributed by atoms with Crippen LogP contribution in [0.25, 0.3) is 0 Å². The third-order valence-electron chi connectivity index (χ3n) is 3.56. The van der Waals surface area contributed by atoms with Crippen LogP contribution in [0.3, 0.4) is 0 Å². The zero-order valence-electron chi connectivity index (χ0n) is 12.0. The lowest BCUT2D eigenvalue weighted by atomic mass is 9.90. The Bertz CT molecular complexity index is 398. The molecule has 0 amide bonds. The lowest BCUT2D eigenvalue weighted by molar-refractivity contribution is 0.206. The molecule has 0 aliphatic heterocycles. The Labute approximate surface area is 116 Å². The second kappa shape index (κ2) is 6.69. The smallest absolute Gasteiger partial charge is 0.146 e. The van der Waals surface area contributed by atoms with Crippen LogP contribution in [0.1, 0.15) is 46.0 Å². The molecule has 0 unspecified atom stereocenters. The quantitative estimate of drug-likeness (QED) is 0.816. The molecule has 2 N–H and O–H groups in total. The van der Waals surface area contributed by atoms with E-state index >= 15 is 0 Å². The Morgan fingerprint density at radius 3 is 2.63 bits per heavy atom. The summed E-state index contributed by atoms with van der Waals surface area (Å²) in [6.45, 7) is 4.80. The van der Waals surface area contributed by atoms with Crippen LogP contribution in [0.2, 0.25) is 0 Å². The van der Waals surface area contributed by atoms with Crippen molar-refractivity contribution >= 4 is 5.69 Å². The van der Waals surface area contributed by atoms with Crippen molar-refractivity contribution in [3.63, 3.8) is 0 Å². The molecule has 1 aliphatic rings. The van der Waals surface area contributed by atoms with E-state index in [4.69, 9.17) is 15.2 Å². The maximum atomic E-state index is 5.90. The van der Waals surface area contributed by atoms with Crippen LogP contribution in [-0.4, -0.2) is 12.7 Å². The second-order valence-electron chi connectivity index (χ2n) is 5.68. The van der Waals surface area contributed by atoms with Gasteiger partial charge in [-0.1, -0.05) is 19.3 Å². The number of anilines is 1. The fraction of sp³-hybridized carbons (Fsp3) is 0.625. The third kappa shape index (κ3) is 4.34. The molecule has 0 spiro atoms. The van der Waals surface area contributed by atoms with Gasteiger partial charge in [-0.05, 0) is 44.7 Å². The van der Waals surface area contributed by atoms with Gasteiger partial charge in [-0.15, -0.1) is 0 Å². The molecular formula is C16H25NO2. The summed E-state index contributed by atoms with van der Waals surface area (Å²) < 4.78 is 11.6. The summed E-state index contributed by atoms with van der Waals surface area (Å²) in [7, 11) is 0. The molecule has 1 aromatic carbocycles. The Hall–Kier alpha value is -1.38. The van der Waals surface area contributed by atoms with Crippen LogP contribution in [-0.2, 0) is 0 Å². The van der Waals surface area contributed by atoms with E-state index < -0.39 is 0 Å². The molecule has 0 aromatic heterocycles. The van der Waals surface area contributed by atoms with Crippen molar-refractivity contribution in [2.24, 2.45) is 5.92 Å². The van der Waals surface area contributed by atoms with Gasteiger partial charge in [0.25, 0.3) is 0 Å². The molecule has 1 aliphatic carbocycles. The van der Waals surface area contributed by atoms with Crippen LogP contribution in [0, 0.1) is 5.92 Å². The maximum Gasteiger partial charge on any atom is 0.146 e. The van der Waals surface area contributed by atoms with Gasteiger partial charge in [-0.2, -0.15) is 0 Å². The highest BCUT2D eigenvalue weighted by Gasteiger charge is 2.14. The molecule has 2 rings (SSSR count). The highest BCUT2D eigenvalue weighted by molar-refractivity contribution is 5.55. The second-order valence-corrected chi connectivity index (χ2v) is 5.68. The van der Waals surface area contributed by atoms with Crippen molar-refractivity contribution in [3.05, 3.63) is 18.2 Å². The minimum absolute atomic E-state index is 0.121. The summed E-state index contributed by atoms with van der Waals surface area (Å²) in [6.07, 6.45) is 6.78. The van der Waals surface area contributed by atoms with Crippen LogP contribution < -0.4 is 15.2 Å². The minimum Gasteiger partial charge on any atom is -0.493 e. The molecule has 3 heteroatoms. The van der Waals surface area contributed by atoms with Crippen molar-refractivity contribution in [3.8, 4) is 11.5 Å². The number of benzene rings is 1. The summed E-state index contributed by atoms with van der Waals surface area (Å²) in [5.74, 6) is 2.28. The predicted molar refractivity (Wildman–Crippen MR) is 78.7 cm³/mol. The van der Waals surface area contributed by atoms with E-state index in [-0.39, 0.29) is 6.10 Å². The molecule has 19 heavy (non-hydrogen) atoms. The highest BCUT2D eigenvalue weighted by Crippen LogP contribution is 2.29. The average molecular weight is 263 g/mol. The Kier molecular flexibility index (Phi) is 4.94. The first-order valence-corrected chi connectivity index (χ1v) is 7.34. The molecule has 1 saturated carbocycles. The zero-order valence-corrected chi connectivity index (χ0v) is 12.0. The number of hydrogen-bond donors (Lipinski definition) is 1. The number of rotatable bonds is 5. The van der Waals surface area contributed by atoms with Gasteiger partial charge in [0.1, 0.15) is 11.5 Å². The van der Waals surface area contributed by atoms with E-state index in [1.54, 1.807) is 0 Å². The summed E-state index contributed by atoms with van der Waals surface area (Å²) in [4.78, 5) is 0. The van der Waals surface area contributed by atoms with Gasteiger partial charge in [0, 0.05) is 6.07 Å². The van der Waals surface area contributed by atoms with Crippen LogP contribution in [0.5, 0.6) is 11.5 Å². The van der Waals surface area contributed by atoms with Gasteiger partial charge in [0.15, 0.2) is 0 Å². The van der Waals surface area contributed by atoms with Crippen LogP contribution in [0.4, 0.5) is 5.69 Å². The summed E-state index contributed by atoms with van der Waals surface area (Å²) in [5, 5.41) is 0. The topological polar surface area (TPSA) is 44.5 Å². The number of ether oxygens (including phenoxy) is 2. The van der Waals surface area contributed by atoms with Gasteiger partial charge in [0.05, 0.1) is 18.4 Å². The van der Waals surface area contributed by atoms with E-state index in [0.717, 1.165) is 18.1 Å². The Morgan fingerprint density at radius 1 is 1.21 bits per heavy atom. The number of nitrogen functional groups attached to an aromatic ring is 1. The minimum atomic E-state index is 0.121. The Balaban J connectivity index is 1.92. The largest absolute Gasteiger partial charge is 0.493 e. The molecule has 106 valence electrons. The standard InChI is InChI=1S/C16H25NO2/c1-12(2)19-16-10-14(8-9-15(16)17)18-11-13-6-4-3-5-7-13/h8-10,12-13H,3-7,11,17H2,1-2H3. The van der Waals surface area contributed by atoms with Gasteiger partial charge in [-0.3, -0.25) is 0 Å². The molecule has 0 saturated heterocycles.